The van der Waals surface area contributed by atoms with Gasteiger partial charge >= 0.3 is 0 Å². The molecule has 1 heterocycles. The van der Waals surface area contributed by atoms with Gasteiger partial charge in [0.15, 0.2) is 0 Å². The Morgan fingerprint density at radius 3 is 2.67 bits per heavy atom. The molecular formula is C16H23ClN4. The van der Waals surface area contributed by atoms with Gasteiger partial charge in [0, 0.05) is 36.4 Å². The van der Waals surface area contributed by atoms with Gasteiger partial charge in [0.1, 0.15) is 0 Å². The van der Waals surface area contributed by atoms with Crippen LogP contribution in [0.25, 0.3) is 0 Å². The summed E-state index contributed by atoms with van der Waals surface area (Å²) >= 11 is 6.10. The SMILES string of the molecule is Cc1nn(C)cc1C(CN)N(C)C(C)c1cccc(Cl)c1. The second-order valence-corrected chi connectivity index (χ2v) is 5.93. The van der Waals surface area contributed by atoms with Crippen LogP contribution in [0.2, 0.25) is 5.02 Å². The molecule has 0 spiro atoms. The van der Waals surface area contributed by atoms with E-state index in [0.29, 0.717) is 6.54 Å². The van der Waals surface area contributed by atoms with E-state index >= 15 is 0 Å². The smallest absolute Gasteiger partial charge is 0.0641 e. The van der Waals surface area contributed by atoms with Gasteiger partial charge in [-0.05, 0) is 38.6 Å². The van der Waals surface area contributed by atoms with Crippen LogP contribution in [0.5, 0.6) is 0 Å². The van der Waals surface area contributed by atoms with E-state index in [1.54, 1.807) is 0 Å². The lowest BCUT2D eigenvalue weighted by atomic mass is 10.0. The van der Waals surface area contributed by atoms with E-state index < -0.39 is 0 Å². The number of hydrogen-bond acceptors (Lipinski definition) is 3. The van der Waals surface area contributed by atoms with Gasteiger partial charge in [-0.15, -0.1) is 0 Å². The molecule has 2 aromatic rings. The van der Waals surface area contributed by atoms with Crippen molar-refractivity contribution in [3.8, 4) is 0 Å². The van der Waals surface area contributed by atoms with E-state index in [0.717, 1.165) is 10.7 Å². The number of likely N-dealkylation sites (N-methyl/N-ethyl adjacent to an activating group) is 1. The monoisotopic (exact) mass is 306 g/mol. The molecule has 2 rings (SSSR count). The summed E-state index contributed by atoms with van der Waals surface area (Å²) in [5.74, 6) is 0. The fourth-order valence-corrected chi connectivity index (χ4v) is 2.93. The second-order valence-electron chi connectivity index (χ2n) is 5.49. The molecule has 2 N–H and O–H groups in total. The quantitative estimate of drug-likeness (QED) is 0.923. The summed E-state index contributed by atoms with van der Waals surface area (Å²) < 4.78 is 1.84. The standard InChI is InChI=1S/C16H23ClN4/c1-11-15(10-20(3)19-11)16(9-18)21(4)12(2)13-6-5-7-14(17)8-13/h5-8,10,12,16H,9,18H2,1-4H3. The molecule has 4 nitrogen and oxygen atoms in total. The van der Waals surface area contributed by atoms with Gasteiger partial charge in [-0.2, -0.15) is 5.10 Å². The highest BCUT2D eigenvalue weighted by molar-refractivity contribution is 6.30. The van der Waals surface area contributed by atoms with Crippen LogP contribution >= 0.6 is 11.6 Å². The fourth-order valence-electron chi connectivity index (χ4n) is 2.73. The van der Waals surface area contributed by atoms with Crippen LogP contribution in [0.3, 0.4) is 0 Å². The van der Waals surface area contributed by atoms with Crippen molar-refractivity contribution in [2.45, 2.75) is 25.9 Å². The molecule has 2 unspecified atom stereocenters. The van der Waals surface area contributed by atoms with Crippen molar-refractivity contribution < 1.29 is 0 Å². The summed E-state index contributed by atoms with van der Waals surface area (Å²) in [5.41, 5.74) is 9.41. The summed E-state index contributed by atoms with van der Waals surface area (Å²) in [4.78, 5) is 2.27. The van der Waals surface area contributed by atoms with Crippen LogP contribution in [0.4, 0.5) is 0 Å². The molecular weight excluding hydrogens is 284 g/mol. The first-order chi connectivity index (χ1) is 9.93. The van der Waals surface area contributed by atoms with E-state index in [2.05, 4.69) is 30.0 Å². The Labute approximate surface area is 131 Å². The highest BCUT2D eigenvalue weighted by Gasteiger charge is 2.24. The minimum Gasteiger partial charge on any atom is -0.329 e. The highest BCUT2D eigenvalue weighted by atomic mass is 35.5. The maximum absolute atomic E-state index is 6.10. The number of rotatable bonds is 5. The largest absolute Gasteiger partial charge is 0.329 e. The summed E-state index contributed by atoms with van der Waals surface area (Å²) in [5, 5.41) is 5.18. The normalized spacial score (nSPS) is 14.4. The average molecular weight is 307 g/mol. The van der Waals surface area contributed by atoms with Crippen molar-refractivity contribution in [3.05, 3.63) is 52.3 Å². The minimum atomic E-state index is 0.132. The molecule has 0 amide bonds. The number of aromatic nitrogens is 2. The Balaban J connectivity index is 2.27. The van der Waals surface area contributed by atoms with E-state index in [-0.39, 0.29) is 12.1 Å². The summed E-state index contributed by atoms with van der Waals surface area (Å²) in [7, 11) is 4.03. The first-order valence-corrected chi connectivity index (χ1v) is 7.49. The van der Waals surface area contributed by atoms with Gasteiger partial charge in [0.05, 0.1) is 11.7 Å². The van der Waals surface area contributed by atoms with Gasteiger partial charge in [0.2, 0.25) is 0 Å². The zero-order valence-corrected chi connectivity index (χ0v) is 13.8. The van der Waals surface area contributed by atoms with Gasteiger partial charge < -0.3 is 5.73 Å². The van der Waals surface area contributed by atoms with E-state index in [1.807, 2.05) is 43.0 Å². The van der Waals surface area contributed by atoms with Crippen LogP contribution in [-0.2, 0) is 7.05 Å². The lowest BCUT2D eigenvalue weighted by Gasteiger charge is -2.32. The predicted molar refractivity (Wildman–Crippen MR) is 87.4 cm³/mol. The molecule has 5 heteroatoms. The van der Waals surface area contributed by atoms with Crippen LogP contribution in [0.1, 0.15) is 35.8 Å². The maximum atomic E-state index is 6.10. The van der Waals surface area contributed by atoms with Crippen molar-refractivity contribution in [1.29, 1.82) is 0 Å². The van der Waals surface area contributed by atoms with E-state index in [4.69, 9.17) is 17.3 Å². The van der Waals surface area contributed by atoms with Crippen LogP contribution in [0.15, 0.2) is 30.5 Å². The number of nitrogens with zero attached hydrogens (tertiary/aromatic N) is 3. The first kappa shape index (κ1) is 16.0. The molecule has 0 fully saturated rings. The van der Waals surface area contributed by atoms with Gasteiger partial charge in [-0.3, -0.25) is 9.58 Å². The molecule has 0 saturated carbocycles. The Morgan fingerprint density at radius 1 is 1.43 bits per heavy atom. The number of halogens is 1. The summed E-state index contributed by atoms with van der Waals surface area (Å²) in [6.07, 6.45) is 2.05. The predicted octanol–water partition coefficient (Wildman–Crippen LogP) is 3.07. The molecule has 0 bridgehead atoms. The number of benzene rings is 1. The Kier molecular flexibility index (Phi) is 5.04. The molecule has 0 saturated heterocycles. The molecule has 0 aliphatic heterocycles. The van der Waals surface area contributed by atoms with Crippen molar-refractivity contribution in [2.24, 2.45) is 12.8 Å². The van der Waals surface area contributed by atoms with Crippen molar-refractivity contribution in [1.82, 2.24) is 14.7 Å². The number of nitrogens with two attached hydrogens (primary N) is 1. The third-order valence-electron chi connectivity index (χ3n) is 4.07. The average Bonchev–Trinajstić information content (AvgIpc) is 2.77. The highest BCUT2D eigenvalue weighted by Crippen LogP contribution is 2.30. The molecule has 2 atom stereocenters. The number of aryl methyl sites for hydroxylation is 2. The van der Waals surface area contributed by atoms with Crippen molar-refractivity contribution >= 4 is 11.6 Å². The van der Waals surface area contributed by atoms with Crippen LogP contribution < -0.4 is 5.73 Å². The third-order valence-corrected chi connectivity index (χ3v) is 4.30. The zero-order chi connectivity index (χ0) is 15.6. The molecule has 0 aliphatic rings. The minimum absolute atomic E-state index is 0.132. The van der Waals surface area contributed by atoms with E-state index in [1.165, 1.54) is 11.1 Å². The molecule has 1 aromatic carbocycles. The molecule has 0 radical (unpaired) electrons. The lowest BCUT2D eigenvalue weighted by Crippen LogP contribution is -2.33. The Hall–Kier alpha value is -1.36. The Bertz CT molecular complexity index is 608. The molecule has 114 valence electrons. The summed E-state index contributed by atoms with van der Waals surface area (Å²) in [6.45, 7) is 4.74. The first-order valence-electron chi connectivity index (χ1n) is 7.11. The second kappa shape index (κ2) is 6.60. The van der Waals surface area contributed by atoms with Crippen LogP contribution in [-0.4, -0.2) is 28.3 Å². The van der Waals surface area contributed by atoms with Gasteiger partial charge in [-0.1, -0.05) is 23.7 Å². The van der Waals surface area contributed by atoms with Gasteiger partial charge in [0.25, 0.3) is 0 Å². The maximum Gasteiger partial charge on any atom is 0.0641 e. The Morgan fingerprint density at radius 2 is 2.14 bits per heavy atom. The fraction of sp³-hybridized carbons (Fsp3) is 0.438. The van der Waals surface area contributed by atoms with Crippen molar-refractivity contribution in [3.63, 3.8) is 0 Å². The van der Waals surface area contributed by atoms with Crippen molar-refractivity contribution in [2.75, 3.05) is 13.6 Å². The molecule has 0 aliphatic carbocycles. The molecule has 1 aromatic heterocycles. The topological polar surface area (TPSA) is 47.1 Å². The molecule has 21 heavy (non-hydrogen) atoms. The third kappa shape index (κ3) is 3.46. The summed E-state index contributed by atoms with van der Waals surface area (Å²) in [6, 6.07) is 8.32. The zero-order valence-electron chi connectivity index (χ0n) is 13.0. The van der Waals surface area contributed by atoms with Crippen LogP contribution in [0, 0.1) is 6.92 Å². The van der Waals surface area contributed by atoms with E-state index in [9.17, 15) is 0 Å². The lowest BCUT2D eigenvalue weighted by molar-refractivity contribution is 0.189. The van der Waals surface area contributed by atoms with Gasteiger partial charge in [-0.25, -0.2) is 0 Å². The number of hydrogen-bond donors (Lipinski definition) is 1.